The van der Waals surface area contributed by atoms with Gasteiger partial charge >= 0.3 is 17.1 Å². The summed E-state index contributed by atoms with van der Waals surface area (Å²) in [4.78, 5) is 12.0. The zero-order valence-corrected chi connectivity index (χ0v) is 12.6. The van der Waals surface area contributed by atoms with E-state index in [4.69, 9.17) is 5.11 Å². The molecule has 0 saturated heterocycles. The van der Waals surface area contributed by atoms with Gasteiger partial charge in [-0.15, -0.1) is 12.1 Å². The van der Waals surface area contributed by atoms with Crippen molar-refractivity contribution in [2.45, 2.75) is 26.2 Å². The maximum absolute atomic E-state index is 13.8. The molecule has 2 aromatic rings. The standard InChI is InChI=1S/C17H16FO2.Cu/c1-2-12-5-9-15(16(18)11-12)17(20)10-6-13-3-7-14(19)8-4-13;/h3-5,7,9,11,19H,2,6,10H2,1H3;/q-1;+1. The fraction of sp³-hybridized carbons (Fsp3) is 0.235. The van der Waals surface area contributed by atoms with E-state index in [1.807, 2.05) is 6.92 Å². The van der Waals surface area contributed by atoms with Gasteiger partial charge in [-0.3, -0.25) is 4.79 Å². The minimum absolute atomic E-state index is 0. The summed E-state index contributed by atoms with van der Waals surface area (Å²) in [5, 5.41) is 9.13. The molecule has 0 atom stereocenters. The quantitative estimate of drug-likeness (QED) is 0.514. The van der Waals surface area contributed by atoms with Crippen molar-refractivity contribution in [1.29, 1.82) is 0 Å². The molecular formula is C17H16CuFO2. The first-order chi connectivity index (χ1) is 9.60. The van der Waals surface area contributed by atoms with Crippen molar-refractivity contribution in [3.8, 4) is 5.75 Å². The first-order valence-electron chi connectivity index (χ1n) is 6.61. The summed E-state index contributed by atoms with van der Waals surface area (Å²) in [7, 11) is 0. The molecule has 0 spiro atoms. The Morgan fingerprint density at radius 1 is 1.24 bits per heavy atom. The molecule has 0 radical (unpaired) electrons. The van der Waals surface area contributed by atoms with E-state index in [0.717, 1.165) is 17.5 Å². The van der Waals surface area contributed by atoms with E-state index in [1.54, 1.807) is 24.3 Å². The summed E-state index contributed by atoms with van der Waals surface area (Å²) < 4.78 is 13.8. The van der Waals surface area contributed by atoms with Crippen LogP contribution in [0.4, 0.5) is 4.39 Å². The Labute approximate surface area is 134 Å². The number of Topliss-reactive ketones (excluding diaryl/α,β-unsaturated/α-hetero) is 1. The van der Waals surface area contributed by atoms with Crippen molar-refractivity contribution in [2.24, 2.45) is 0 Å². The molecule has 0 aromatic heterocycles. The topological polar surface area (TPSA) is 37.3 Å². The molecule has 0 amide bonds. The summed E-state index contributed by atoms with van der Waals surface area (Å²) >= 11 is 0. The molecule has 0 heterocycles. The second-order valence-electron chi connectivity index (χ2n) is 4.67. The van der Waals surface area contributed by atoms with Crippen LogP contribution in [0.5, 0.6) is 5.75 Å². The Bertz CT molecular complexity index is 609. The van der Waals surface area contributed by atoms with Gasteiger partial charge in [0.25, 0.3) is 0 Å². The van der Waals surface area contributed by atoms with Crippen LogP contribution in [0.2, 0.25) is 0 Å². The van der Waals surface area contributed by atoms with Crippen LogP contribution in [0.1, 0.15) is 34.8 Å². The fourth-order valence-electron chi connectivity index (χ4n) is 2.00. The number of aromatic hydroxyl groups is 1. The number of ketones is 1. The average Bonchev–Trinajstić information content (AvgIpc) is 2.46. The number of hydrogen-bond acceptors (Lipinski definition) is 2. The van der Waals surface area contributed by atoms with Crippen LogP contribution in [0, 0.1) is 11.9 Å². The van der Waals surface area contributed by atoms with Gasteiger partial charge in [-0.25, -0.2) is 4.39 Å². The van der Waals surface area contributed by atoms with Crippen molar-refractivity contribution < 1.29 is 31.4 Å². The van der Waals surface area contributed by atoms with Gasteiger partial charge in [-0.05, 0) is 24.1 Å². The van der Waals surface area contributed by atoms with Gasteiger partial charge < -0.3 is 5.11 Å². The van der Waals surface area contributed by atoms with Gasteiger partial charge in [0.1, 0.15) is 5.82 Å². The van der Waals surface area contributed by atoms with Crippen molar-refractivity contribution >= 4 is 5.78 Å². The Kier molecular flexibility index (Phi) is 6.60. The molecule has 0 saturated carbocycles. The number of phenols is 1. The number of rotatable bonds is 5. The Hall–Kier alpha value is -1.64. The SMILES string of the molecule is CCc1ccc(C(=O)CCc2c[c-]c(O)cc2)c(F)c1.[Cu+]. The largest absolute Gasteiger partial charge is 1.00 e. The zero-order chi connectivity index (χ0) is 14.5. The smallest absolute Gasteiger partial charge is 0.534 e. The first-order valence-corrected chi connectivity index (χ1v) is 6.61. The fourth-order valence-corrected chi connectivity index (χ4v) is 2.00. The Morgan fingerprint density at radius 2 is 1.95 bits per heavy atom. The van der Waals surface area contributed by atoms with Crippen LogP contribution in [0.3, 0.4) is 0 Å². The molecule has 0 aliphatic heterocycles. The van der Waals surface area contributed by atoms with E-state index in [2.05, 4.69) is 6.07 Å². The zero-order valence-electron chi connectivity index (χ0n) is 11.6. The predicted molar refractivity (Wildman–Crippen MR) is 75.4 cm³/mol. The maximum Gasteiger partial charge on any atom is 1.00 e. The average molecular weight is 335 g/mol. The van der Waals surface area contributed by atoms with E-state index in [1.165, 1.54) is 12.1 Å². The van der Waals surface area contributed by atoms with Crippen LogP contribution in [0.15, 0.2) is 36.4 Å². The summed E-state index contributed by atoms with van der Waals surface area (Å²) in [6.45, 7) is 1.94. The number of halogens is 1. The monoisotopic (exact) mass is 334 g/mol. The molecular weight excluding hydrogens is 319 g/mol. The van der Waals surface area contributed by atoms with Crippen molar-refractivity contribution in [3.05, 3.63) is 65.0 Å². The van der Waals surface area contributed by atoms with Gasteiger partial charge in [0.15, 0.2) is 5.78 Å². The molecule has 4 heteroatoms. The predicted octanol–water partition coefficient (Wildman–Crippen LogP) is 3.71. The third-order valence-corrected chi connectivity index (χ3v) is 3.24. The number of phenolic OH excluding ortho intramolecular Hbond substituents is 1. The number of carbonyl (C=O) groups excluding carboxylic acids is 1. The van der Waals surface area contributed by atoms with Gasteiger partial charge in [0.2, 0.25) is 0 Å². The second kappa shape index (κ2) is 7.96. The Morgan fingerprint density at radius 3 is 2.52 bits per heavy atom. The van der Waals surface area contributed by atoms with Crippen LogP contribution in [0.25, 0.3) is 0 Å². The molecule has 1 N–H and O–H groups in total. The molecule has 0 aliphatic carbocycles. The van der Waals surface area contributed by atoms with Gasteiger partial charge in [0, 0.05) is 12.2 Å². The first kappa shape index (κ1) is 17.4. The number of benzene rings is 2. The van der Waals surface area contributed by atoms with Crippen LogP contribution in [-0.4, -0.2) is 10.9 Å². The summed E-state index contributed by atoms with van der Waals surface area (Å²) in [5.74, 6) is -0.592. The van der Waals surface area contributed by atoms with Gasteiger partial charge in [-0.1, -0.05) is 19.4 Å². The summed E-state index contributed by atoms with van der Waals surface area (Å²) in [6, 6.07) is 12.3. The number of carbonyl (C=O) groups is 1. The molecule has 0 aliphatic rings. The van der Waals surface area contributed by atoms with Crippen molar-refractivity contribution in [3.63, 3.8) is 0 Å². The third-order valence-electron chi connectivity index (χ3n) is 3.24. The normalized spacial score (nSPS) is 10.0. The Balaban J connectivity index is 0.00000220. The van der Waals surface area contributed by atoms with Crippen LogP contribution >= 0.6 is 0 Å². The summed E-state index contributed by atoms with van der Waals surface area (Å²) in [6.07, 6.45) is 1.49. The van der Waals surface area contributed by atoms with Gasteiger partial charge in [0.05, 0.1) is 5.56 Å². The summed E-state index contributed by atoms with van der Waals surface area (Å²) in [5.41, 5.74) is 1.92. The molecule has 2 aromatic carbocycles. The minimum Gasteiger partial charge on any atom is -0.534 e. The van der Waals surface area contributed by atoms with E-state index in [0.29, 0.717) is 6.42 Å². The van der Waals surface area contributed by atoms with Crippen molar-refractivity contribution in [1.82, 2.24) is 0 Å². The molecule has 2 rings (SSSR count). The second-order valence-corrected chi connectivity index (χ2v) is 4.67. The number of hydrogen-bond donors (Lipinski definition) is 1. The molecule has 2 nitrogen and oxygen atoms in total. The van der Waals surface area contributed by atoms with E-state index in [9.17, 15) is 9.18 Å². The molecule has 114 valence electrons. The molecule has 0 bridgehead atoms. The maximum atomic E-state index is 13.8. The van der Waals surface area contributed by atoms with Crippen LogP contribution < -0.4 is 0 Å². The van der Waals surface area contributed by atoms with Crippen LogP contribution in [-0.2, 0) is 29.9 Å². The third kappa shape index (κ3) is 4.69. The van der Waals surface area contributed by atoms with Crippen molar-refractivity contribution in [2.75, 3.05) is 0 Å². The minimum atomic E-state index is -0.452. The van der Waals surface area contributed by atoms with Gasteiger partial charge in [-0.2, -0.15) is 17.7 Å². The van der Waals surface area contributed by atoms with E-state index < -0.39 is 5.82 Å². The molecule has 0 fully saturated rings. The molecule has 21 heavy (non-hydrogen) atoms. The van der Waals surface area contributed by atoms with E-state index in [-0.39, 0.29) is 40.6 Å². The molecule has 0 unspecified atom stereocenters. The number of aryl methyl sites for hydroxylation is 2. The van der Waals surface area contributed by atoms with E-state index >= 15 is 0 Å².